The molecule has 5 rings (SSSR count). The lowest BCUT2D eigenvalue weighted by atomic mass is 9.73. The van der Waals surface area contributed by atoms with Gasteiger partial charge in [-0.2, -0.15) is 0 Å². The van der Waals surface area contributed by atoms with Gasteiger partial charge >= 0.3 is 0 Å². The first-order chi connectivity index (χ1) is 17.2. The van der Waals surface area contributed by atoms with Crippen molar-refractivity contribution in [2.75, 3.05) is 11.9 Å². The zero-order chi connectivity index (χ0) is 25.8. The van der Waals surface area contributed by atoms with Gasteiger partial charge in [0.1, 0.15) is 17.5 Å². The maximum atomic E-state index is 13.8. The van der Waals surface area contributed by atoms with Crippen molar-refractivity contribution in [3.05, 3.63) is 41.2 Å². The summed E-state index contributed by atoms with van der Waals surface area (Å²) in [4.78, 5) is 42.5. The van der Waals surface area contributed by atoms with Crippen LogP contribution >= 0.6 is 11.6 Å². The summed E-state index contributed by atoms with van der Waals surface area (Å²) in [5.74, 6) is -2.24. The zero-order valence-electron chi connectivity index (χ0n) is 20.8. The van der Waals surface area contributed by atoms with Crippen LogP contribution in [0.2, 0.25) is 5.02 Å². The molecule has 9 heteroatoms. The van der Waals surface area contributed by atoms with Gasteiger partial charge in [-0.25, -0.2) is 4.39 Å². The Labute approximate surface area is 215 Å². The van der Waals surface area contributed by atoms with Crippen LogP contribution in [0.5, 0.6) is 0 Å². The van der Waals surface area contributed by atoms with E-state index in [0.717, 1.165) is 19.3 Å². The molecule has 3 heterocycles. The number of amides is 3. The van der Waals surface area contributed by atoms with Crippen molar-refractivity contribution >= 4 is 35.0 Å². The van der Waals surface area contributed by atoms with Gasteiger partial charge < -0.3 is 20.3 Å². The number of rotatable bonds is 6. The summed E-state index contributed by atoms with van der Waals surface area (Å²) in [5.41, 5.74) is -0.856. The second-order valence-corrected chi connectivity index (χ2v) is 11.1. The predicted octanol–water partition coefficient (Wildman–Crippen LogP) is 3.92. The Hall–Kier alpha value is -2.45. The summed E-state index contributed by atoms with van der Waals surface area (Å²) in [6.45, 7) is 6.73. The van der Waals surface area contributed by atoms with E-state index in [1.807, 2.05) is 13.0 Å². The molecule has 2 N–H and O–H groups in total. The van der Waals surface area contributed by atoms with Crippen LogP contribution in [0.1, 0.15) is 46.5 Å². The van der Waals surface area contributed by atoms with E-state index in [-0.39, 0.29) is 22.9 Å². The number of ether oxygens (including phenoxy) is 1. The molecule has 7 nitrogen and oxygen atoms in total. The van der Waals surface area contributed by atoms with Gasteiger partial charge in [-0.1, -0.05) is 57.4 Å². The van der Waals surface area contributed by atoms with E-state index < -0.39 is 41.3 Å². The van der Waals surface area contributed by atoms with Crippen LogP contribution in [0, 0.1) is 29.5 Å². The van der Waals surface area contributed by atoms with Crippen LogP contribution in [0.3, 0.4) is 0 Å². The molecule has 2 saturated heterocycles. The topological polar surface area (TPSA) is 87.7 Å². The standard InChI is InChI=1S/C27H33ClFN3O4/c1-4-12-32-23(25(34)31-19-7-5-6-14(2)15(19)3)27-11-10-20(36-27)21(22(27)26(32)35)24(33)30-16-8-9-18(29)17(28)13-16/h8-11,13-15,19-23H,4-7,12H2,1-3H3,(H,30,33)(H,31,34)/t14?,15?,19?,20-,21?,22-,23?,27?/m0/s1. The van der Waals surface area contributed by atoms with Gasteiger partial charge in [0.05, 0.1) is 23.0 Å². The number of hydrogen-bond donors (Lipinski definition) is 2. The van der Waals surface area contributed by atoms with Crippen LogP contribution < -0.4 is 10.6 Å². The highest BCUT2D eigenvalue weighted by Crippen LogP contribution is 2.55. The molecule has 4 aliphatic rings. The quantitative estimate of drug-likeness (QED) is 0.560. The minimum Gasteiger partial charge on any atom is -0.359 e. The van der Waals surface area contributed by atoms with Crippen LogP contribution in [0.4, 0.5) is 10.1 Å². The van der Waals surface area contributed by atoms with Crippen LogP contribution in [0.25, 0.3) is 0 Å². The molecule has 3 amide bonds. The van der Waals surface area contributed by atoms with Crippen LogP contribution in [0.15, 0.2) is 30.4 Å². The Morgan fingerprint density at radius 1 is 1.25 bits per heavy atom. The molecular weight excluding hydrogens is 485 g/mol. The number of anilines is 1. The summed E-state index contributed by atoms with van der Waals surface area (Å²) in [6, 6.07) is 3.13. The lowest BCUT2D eigenvalue weighted by Gasteiger charge is -2.38. The number of benzene rings is 1. The van der Waals surface area contributed by atoms with Crippen molar-refractivity contribution in [1.82, 2.24) is 10.2 Å². The maximum Gasteiger partial charge on any atom is 0.246 e. The first-order valence-corrected chi connectivity index (χ1v) is 13.3. The molecule has 2 bridgehead atoms. The fraction of sp³-hybridized carbons (Fsp3) is 0.593. The molecule has 3 fully saturated rings. The van der Waals surface area contributed by atoms with Crippen molar-refractivity contribution < 1.29 is 23.5 Å². The Bertz CT molecular complexity index is 1110. The van der Waals surface area contributed by atoms with E-state index in [0.29, 0.717) is 30.5 Å². The molecule has 1 saturated carbocycles. The van der Waals surface area contributed by atoms with Crippen LogP contribution in [-0.2, 0) is 19.1 Å². The Morgan fingerprint density at radius 2 is 2.03 bits per heavy atom. The summed E-state index contributed by atoms with van der Waals surface area (Å²) < 4.78 is 19.9. The van der Waals surface area contributed by atoms with Crippen molar-refractivity contribution in [3.63, 3.8) is 0 Å². The minimum atomic E-state index is -1.19. The van der Waals surface area contributed by atoms with E-state index in [2.05, 4.69) is 24.5 Å². The van der Waals surface area contributed by atoms with E-state index in [9.17, 15) is 18.8 Å². The molecule has 194 valence electrons. The van der Waals surface area contributed by atoms with Gasteiger partial charge in [0.25, 0.3) is 0 Å². The Kier molecular flexibility index (Phi) is 6.62. The van der Waals surface area contributed by atoms with E-state index in [1.165, 1.54) is 18.2 Å². The molecular formula is C27H33ClFN3O4. The number of nitrogens with zero attached hydrogens (tertiary/aromatic N) is 1. The summed E-state index contributed by atoms with van der Waals surface area (Å²) in [7, 11) is 0. The van der Waals surface area contributed by atoms with Gasteiger partial charge in [-0.15, -0.1) is 0 Å². The summed E-state index contributed by atoms with van der Waals surface area (Å²) in [6.07, 6.45) is 6.76. The van der Waals surface area contributed by atoms with Crippen molar-refractivity contribution in [1.29, 1.82) is 0 Å². The lowest BCUT2D eigenvalue weighted by Crippen LogP contribution is -2.57. The molecule has 0 radical (unpaired) electrons. The fourth-order valence-electron chi connectivity index (χ4n) is 6.60. The van der Waals surface area contributed by atoms with Gasteiger partial charge in [-0.05, 0) is 42.9 Å². The number of likely N-dealkylation sites (tertiary alicyclic amines) is 1. The van der Waals surface area contributed by atoms with Crippen molar-refractivity contribution in [2.24, 2.45) is 23.7 Å². The predicted molar refractivity (Wildman–Crippen MR) is 134 cm³/mol. The number of fused-ring (bicyclic) bond motifs is 1. The molecule has 1 aromatic carbocycles. The Balaban J connectivity index is 1.42. The average Bonchev–Trinajstić information content (AvgIpc) is 3.47. The third-order valence-electron chi connectivity index (χ3n) is 8.61. The van der Waals surface area contributed by atoms with Crippen LogP contribution in [-0.4, -0.2) is 53.0 Å². The fourth-order valence-corrected chi connectivity index (χ4v) is 6.78. The molecule has 1 aliphatic carbocycles. The summed E-state index contributed by atoms with van der Waals surface area (Å²) in [5, 5.41) is 5.89. The Morgan fingerprint density at radius 3 is 2.75 bits per heavy atom. The molecule has 36 heavy (non-hydrogen) atoms. The second kappa shape index (κ2) is 9.45. The highest BCUT2D eigenvalue weighted by atomic mass is 35.5. The number of carbonyl (C=O) groups is 3. The van der Waals surface area contributed by atoms with Gasteiger partial charge in [0.2, 0.25) is 17.7 Å². The molecule has 1 aromatic rings. The summed E-state index contributed by atoms with van der Waals surface area (Å²) >= 11 is 5.87. The molecule has 0 aromatic heterocycles. The second-order valence-electron chi connectivity index (χ2n) is 10.7. The zero-order valence-corrected chi connectivity index (χ0v) is 21.6. The number of halogens is 2. The molecule has 3 aliphatic heterocycles. The number of nitrogens with one attached hydrogen (secondary N) is 2. The van der Waals surface area contributed by atoms with Crippen molar-refractivity contribution in [3.8, 4) is 0 Å². The van der Waals surface area contributed by atoms with E-state index in [4.69, 9.17) is 16.3 Å². The van der Waals surface area contributed by atoms with Gasteiger partial charge in [0.15, 0.2) is 0 Å². The molecule has 8 atom stereocenters. The first kappa shape index (κ1) is 25.2. The molecule has 1 spiro atoms. The average molecular weight is 518 g/mol. The third kappa shape index (κ3) is 3.93. The highest BCUT2D eigenvalue weighted by Gasteiger charge is 2.72. The SMILES string of the molecule is CCCN1C(=O)[C@@H]2C(C(=O)Nc3ccc(F)c(Cl)c3)[C@@H]3C=CC2(O3)C1C(=O)NC1CCCC(C)C1C. The third-order valence-corrected chi connectivity index (χ3v) is 8.90. The molecule has 6 unspecified atom stereocenters. The normalized spacial score (nSPS) is 36.8. The minimum absolute atomic E-state index is 0.0418. The lowest BCUT2D eigenvalue weighted by molar-refractivity contribution is -0.141. The number of carbonyl (C=O) groups excluding carboxylic acids is 3. The van der Waals surface area contributed by atoms with Gasteiger partial charge in [0, 0.05) is 18.3 Å². The van der Waals surface area contributed by atoms with Crippen molar-refractivity contribution in [2.45, 2.75) is 70.2 Å². The van der Waals surface area contributed by atoms with E-state index in [1.54, 1.807) is 11.0 Å². The largest absolute Gasteiger partial charge is 0.359 e. The monoisotopic (exact) mass is 517 g/mol. The first-order valence-electron chi connectivity index (χ1n) is 12.9. The van der Waals surface area contributed by atoms with E-state index >= 15 is 0 Å². The highest BCUT2D eigenvalue weighted by molar-refractivity contribution is 6.31. The smallest absolute Gasteiger partial charge is 0.246 e. The number of hydrogen-bond acceptors (Lipinski definition) is 4. The van der Waals surface area contributed by atoms with Gasteiger partial charge in [-0.3, -0.25) is 14.4 Å². The maximum absolute atomic E-state index is 13.8.